The summed E-state index contributed by atoms with van der Waals surface area (Å²) in [4.78, 5) is 15.5. The van der Waals surface area contributed by atoms with E-state index in [4.69, 9.17) is 0 Å². The number of piperidine rings is 1. The van der Waals surface area contributed by atoms with E-state index in [1.807, 2.05) is 16.5 Å². The van der Waals surface area contributed by atoms with Gasteiger partial charge in [-0.1, -0.05) is 6.42 Å². The first-order chi connectivity index (χ1) is 19.4. The standard InChI is InChI=1S/C29H32F5N6O/c1-28(31)6-8-38(9-7-28)14-18-10-23(29(32,33)34)24-16-39(27(41)40(24)15-18)22-12-20(11-21(30)13-22)25(19-4-3-5-19)26-36-35-17-37(26)2/h10-13,15-17,19,25-26H,3-9,14H2,1-2H3/q+1/t25-,26?/m0/s1. The third-order valence-electron chi connectivity index (χ3n) is 8.82. The third kappa shape index (κ3) is 5.33. The number of rotatable bonds is 6. The lowest BCUT2D eigenvalue weighted by molar-refractivity contribution is -0.533. The Hall–Kier alpha value is -3.41. The zero-order valence-electron chi connectivity index (χ0n) is 22.9. The topological polar surface area (TPSA) is 57.4 Å². The van der Waals surface area contributed by atoms with Crippen molar-refractivity contribution >= 4 is 11.9 Å². The smallest absolute Gasteiger partial charge is 0.299 e. The van der Waals surface area contributed by atoms with Crippen molar-refractivity contribution in [2.24, 2.45) is 16.1 Å². The number of likely N-dealkylation sites (tertiary alicyclic amines) is 1. The van der Waals surface area contributed by atoms with Gasteiger partial charge in [0.2, 0.25) is 6.17 Å². The fraction of sp³-hybridized carbons (Fsp3) is 0.517. The number of benzene rings is 1. The summed E-state index contributed by atoms with van der Waals surface area (Å²) in [6.45, 7) is 2.50. The van der Waals surface area contributed by atoms with Crippen molar-refractivity contribution in [1.82, 2.24) is 13.9 Å². The van der Waals surface area contributed by atoms with Gasteiger partial charge in [0.25, 0.3) is 0 Å². The number of pyridine rings is 1. The van der Waals surface area contributed by atoms with E-state index in [1.165, 1.54) is 19.2 Å². The summed E-state index contributed by atoms with van der Waals surface area (Å²) in [5, 5.41) is 8.35. The molecule has 12 heteroatoms. The van der Waals surface area contributed by atoms with Crippen LogP contribution in [0.1, 0.15) is 61.6 Å². The van der Waals surface area contributed by atoms with Crippen LogP contribution in [-0.2, 0) is 12.7 Å². The maximum atomic E-state index is 15.1. The molecule has 0 radical (unpaired) electrons. The molecule has 1 saturated carbocycles. The molecule has 0 amide bonds. The van der Waals surface area contributed by atoms with Gasteiger partial charge in [-0.2, -0.15) is 13.2 Å². The molecule has 0 spiro atoms. The predicted molar refractivity (Wildman–Crippen MR) is 143 cm³/mol. The van der Waals surface area contributed by atoms with Crippen LogP contribution < -0.4 is 5.69 Å². The summed E-state index contributed by atoms with van der Waals surface area (Å²) in [5.41, 5.74) is -2.23. The van der Waals surface area contributed by atoms with Crippen molar-refractivity contribution < 1.29 is 26.5 Å². The Kier molecular flexibility index (Phi) is 6.87. The van der Waals surface area contributed by atoms with Gasteiger partial charge >= 0.3 is 18.2 Å². The summed E-state index contributed by atoms with van der Waals surface area (Å²) in [7, 11) is 1.85. The molecular weight excluding hydrogens is 543 g/mol. The van der Waals surface area contributed by atoms with Crippen molar-refractivity contribution in [3.63, 3.8) is 0 Å². The van der Waals surface area contributed by atoms with Gasteiger partial charge in [-0.15, -0.1) is 0 Å². The molecule has 2 fully saturated rings. The van der Waals surface area contributed by atoms with Crippen molar-refractivity contribution in [3.8, 4) is 5.69 Å². The summed E-state index contributed by atoms with van der Waals surface area (Å²) in [6, 6.07) is 5.28. The molecule has 2 atom stereocenters. The number of imidazole rings is 1. The fourth-order valence-corrected chi connectivity index (χ4v) is 6.25. The van der Waals surface area contributed by atoms with E-state index in [9.17, 15) is 22.4 Å². The average Bonchev–Trinajstić information content (AvgIpc) is 3.44. The van der Waals surface area contributed by atoms with E-state index in [1.54, 1.807) is 12.4 Å². The van der Waals surface area contributed by atoms with Crippen LogP contribution in [0.3, 0.4) is 0 Å². The Morgan fingerprint density at radius 2 is 1.85 bits per heavy atom. The number of azo groups is 1. The maximum absolute atomic E-state index is 15.1. The molecule has 7 nitrogen and oxygen atoms in total. The lowest BCUT2D eigenvalue weighted by atomic mass is 9.71. The quantitative estimate of drug-likeness (QED) is 0.271. The van der Waals surface area contributed by atoms with Gasteiger partial charge in [-0.25, -0.2) is 18.2 Å². The third-order valence-corrected chi connectivity index (χ3v) is 8.82. The first kappa shape index (κ1) is 27.7. The van der Waals surface area contributed by atoms with E-state index >= 15 is 4.39 Å². The van der Waals surface area contributed by atoms with Crippen LogP contribution in [0.5, 0.6) is 0 Å². The molecule has 218 valence electrons. The predicted octanol–water partition coefficient (Wildman–Crippen LogP) is 5.92. The Labute approximate surface area is 233 Å². The molecule has 6 rings (SSSR count). The highest BCUT2D eigenvalue weighted by Crippen LogP contribution is 2.43. The lowest BCUT2D eigenvalue weighted by Gasteiger charge is -2.35. The minimum Gasteiger partial charge on any atom is -0.299 e. The summed E-state index contributed by atoms with van der Waals surface area (Å²) in [6.07, 6.45) is 2.60. The highest BCUT2D eigenvalue weighted by molar-refractivity contribution is 5.58. The molecule has 1 saturated heterocycles. The van der Waals surface area contributed by atoms with Crippen molar-refractivity contribution in [1.29, 1.82) is 0 Å². The molecule has 1 aliphatic carbocycles. The Bertz CT molecular complexity index is 1590. The molecule has 3 aliphatic rings. The van der Waals surface area contributed by atoms with Crippen LogP contribution >= 0.6 is 0 Å². The van der Waals surface area contributed by atoms with Crippen molar-refractivity contribution in [2.75, 3.05) is 20.1 Å². The van der Waals surface area contributed by atoms with Crippen LogP contribution in [0.25, 0.3) is 11.2 Å². The lowest BCUT2D eigenvalue weighted by Crippen LogP contribution is -2.39. The molecule has 3 aromatic rings. The first-order valence-corrected chi connectivity index (χ1v) is 13.9. The van der Waals surface area contributed by atoms with Crippen LogP contribution in [0.4, 0.5) is 22.0 Å². The molecule has 4 heterocycles. The second kappa shape index (κ2) is 10.1. The monoisotopic (exact) mass is 575 g/mol. The Balaban J connectivity index is 1.41. The number of nitrogens with zero attached hydrogens (tertiary/aromatic N) is 6. The van der Waals surface area contributed by atoms with E-state index in [0.717, 1.165) is 46.6 Å². The van der Waals surface area contributed by atoms with Gasteiger partial charge in [0.15, 0.2) is 0 Å². The number of alkyl halides is 4. The summed E-state index contributed by atoms with van der Waals surface area (Å²) >= 11 is 0. The minimum atomic E-state index is -4.73. The molecule has 2 aromatic heterocycles. The normalized spacial score (nSPS) is 22.2. The zero-order valence-corrected chi connectivity index (χ0v) is 22.9. The average molecular weight is 576 g/mol. The van der Waals surface area contributed by atoms with E-state index < -0.39 is 28.9 Å². The molecule has 1 aromatic carbocycles. The number of hydrogen-bond acceptors (Lipinski definition) is 4. The van der Waals surface area contributed by atoms with Gasteiger partial charge in [0, 0.05) is 32.0 Å². The first-order valence-electron chi connectivity index (χ1n) is 13.9. The second-order valence-corrected chi connectivity index (χ2v) is 11.9. The molecule has 1 unspecified atom stereocenters. The van der Waals surface area contributed by atoms with Gasteiger partial charge in [0.05, 0.1) is 34.8 Å². The number of likely N-dealkylation sites (N-methyl/N-ethyl adjacent to an activating group) is 1. The number of halogens is 5. The van der Waals surface area contributed by atoms with Crippen LogP contribution in [0.15, 0.2) is 51.7 Å². The highest BCUT2D eigenvalue weighted by atomic mass is 19.4. The van der Waals surface area contributed by atoms with Crippen molar-refractivity contribution in [3.05, 3.63) is 69.7 Å². The second-order valence-electron chi connectivity index (χ2n) is 11.9. The van der Waals surface area contributed by atoms with Crippen LogP contribution in [0, 0.1) is 11.7 Å². The number of fused-ring (bicyclic) bond motifs is 1. The summed E-state index contributed by atoms with van der Waals surface area (Å²) in [5.74, 6) is -0.532. The van der Waals surface area contributed by atoms with E-state index in [2.05, 4.69) is 10.2 Å². The fourth-order valence-electron chi connectivity index (χ4n) is 6.25. The minimum absolute atomic E-state index is 0.146. The largest absolute Gasteiger partial charge is 0.418 e. The molecule has 0 bridgehead atoms. The van der Waals surface area contributed by atoms with Crippen LogP contribution in [0.2, 0.25) is 0 Å². The molecule has 41 heavy (non-hydrogen) atoms. The van der Waals surface area contributed by atoms with Crippen molar-refractivity contribution in [2.45, 2.75) is 69.5 Å². The highest BCUT2D eigenvalue weighted by Gasteiger charge is 2.41. The summed E-state index contributed by atoms with van der Waals surface area (Å²) < 4.78 is 75.9. The van der Waals surface area contributed by atoms with Gasteiger partial charge in [-0.05, 0) is 79.0 Å². The Morgan fingerprint density at radius 1 is 1.12 bits per heavy atom. The zero-order chi connectivity index (χ0) is 29.1. The molecule has 2 aliphatic heterocycles. The Morgan fingerprint density at radius 3 is 2.46 bits per heavy atom. The SMILES string of the molecule is C[N+]1=CN=NC1[C@H](c1cc(F)cc(-n2cc3c(C(F)(F)F)cc(CN4CCC(C)(F)CC4)cn3c2=O)c1)C1CCC1. The van der Waals surface area contributed by atoms with Gasteiger partial charge < -0.3 is 0 Å². The van der Waals surface area contributed by atoms with Gasteiger partial charge in [0.1, 0.15) is 11.5 Å². The number of hydrogen-bond donors (Lipinski definition) is 0. The van der Waals surface area contributed by atoms with Gasteiger partial charge in [-0.3, -0.25) is 13.9 Å². The maximum Gasteiger partial charge on any atom is 0.418 e. The van der Waals surface area contributed by atoms with E-state index in [-0.39, 0.29) is 48.6 Å². The molecule has 0 N–H and O–H groups in total. The number of aromatic nitrogens is 2. The van der Waals surface area contributed by atoms with E-state index in [0.29, 0.717) is 24.2 Å². The van der Waals surface area contributed by atoms with Crippen LogP contribution in [-0.4, -0.2) is 56.8 Å². The molecular formula is C29H32F5N6O+.